The van der Waals surface area contributed by atoms with E-state index in [4.69, 9.17) is 4.98 Å². The van der Waals surface area contributed by atoms with E-state index in [1.165, 1.54) is 22.6 Å². The number of nitrogens with one attached hydrogen (secondary N) is 1. The SMILES string of the molecule is Cc1nc([C@H](Cc2ccsc2)NCc2ccc(F)cc2)sc1C. The quantitative estimate of drug-likeness (QED) is 0.677. The molecule has 0 saturated heterocycles. The predicted molar refractivity (Wildman–Crippen MR) is 95.6 cm³/mol. The van der Waals surface area contributed by atoms with Gasteiger partial charge >= 0.3 is 0 Å². The van der Waals surface area contributed by atoms with Gasteiger partial charge in [0, 0.05) is 11.4 Å². The number of hydrogen-bond donors (Lipinski definition) is 1. The van der Waals surface area contributed by atoms with Gasteiger partial charge in [0.05, 0.1) is 11.7 Å². The summed E-state index contributed by atoms with van der Waals surface area (Å²) in [6, 6.07) is 8.98. The van der Waals surface area contributed by atoms with Crippen molar-refractivity contribution in [2.75, 3.05) is 0 Å². The van der Waals surface area contributed by atoms with Gasteiger partial charge < -0.3 is 5.32 Å². The second-order valence-electron chi connectivity index (χ2n) is 5.59. The summed E-state index contributed by atoms with van der Waals surface area (Å²) in [7, 11) is 0. The van der Waals surface area contributed by atoms with Crippen molar-refractivity contribution in [3.05, 3.63) is 73.6 Å². The number of thiazole rings is 1. The zero-order valence-corrected chi connectivity index (χ0v) is 14.8. The molecule has 0 amide bonds. The van der Waals surface area contributed by atoms with Crippen molar-refractivity contribution in [2.24, 2.45) is 0 Å². The molecule has 2 nitrogen and oxygen atoms in total. The molecule has 3 aromatic rings. The van der Waals surface area contributed by atoms with Gasteiger partial charge in [0.15, 0.2) is 0 Å². The third-order valence-electron chi connectivity index (χ3n) is 3.83. The second-order valence-corrected chi connectivity index (χ2v) is 7.60. The number of aryl methyl sites for hydroxylation is 2. The molecule has 0 aliphatic rings. The van der Waals surface area contributed by atoms with Crippen LogP contribution in [0.4, 0.5) is 4.39 Å². The van der Waals surface area contributed by atoms with E-state index in [-0.39, 0.29) is 11.9 Å². The first-order chi connectivity index (χ1) is 11.1. The Morgan fingerprint density at radius 1 is 1.13 bits per heavy atom. The molecule has 23 heavy (non-hydrogen) atoms. The first-order valence-corrected chi connectivity index (χ1v) is 9.30. The van der Waals surface area contributed by atoms with Gasteiger partial charge in [-0.15, -0.1) is 11.3 Å². The van der Waals surface area contributed by atoms with Gasteiger partial charge in [-0.25, -0.2) is 9.37 Å². The predicted octanol–water partition coefficient (Wildman–Crippen LogP) is 5.03. The van der Waals surface area contributed by atoms with Crippen molar-refractivity contribution in [3.63, 3.8) is 0 Å². The lowest BCUT2D eigenvalue weighted by Gasteiger charge is -2.16. The minimum atomic E-state index is -0.199. The molecule has 0 fully saturated rings. The average Bonchev–Trinajstić information content (AvgIpc) is 3.16. The molecule has 5 heteroatoms. The number of nitrogens with zero attached hydrogens (tertiary/aromatic N) is 1. The van der Waals surface area contributed by atoms with E-state index in [9.17, 15) is 4.39 Å². The minimum Gasteiger partial charge on any atom is -0.304 e. The highest BCUT2D eigenvalue weighted by Gasteiger charge is 2.17. The fraction of sp³-hybridized carbons (Fsp3) is 0.278. The maximum atomic E-state index is 13.0. The van der Waals surface area contributed by atoms with Gasteiger partial charge in [-0.3, -0.25) is 0 Å². The fourth-order valence-electron chi connectivity index (χ4n) is 2.38. The van der Waals surface area contributed by atoms with Crippen LogP contribution in [0.2, 0.25) is 0 Å². The summed E-state index contributed by atoms with van der Waals surface area (Å²) in [6.45, 7) is 4.86. The third kappa shape index (κ3) is 4.25. The third-order valence-corrected chi connectivity index (χ3v) is 5.75. The van der Waals surface area contributed by atoms with Crippen molar-refractivity contribution < 1.29 is 4.39 Å². The molecule has 0 bridgehead atoms. The van der Waals surface area contributed by atoms with Crippen LogP contribution < -0.4 is 5.32 Å². The summed E-state index contributed by atoms with van der Waals surface area (Å²) >= 11 is 3.47. The van der Waals surface area contributed by atoms with Crippen molar-refractivity contribution in [1.29, 1.82) is 0 Å². The number of halogens is 1. The molecule has 1 N–H and O–H groups in total. The molecule has 1 atom stereocenters. The Labute approximate surface area is 144 Å². The van der Waals surface area contributed by atoms with Gasteiger partial charge in [-0.2, -0.15) is 11.3 Å². The second kappa shape index (κ2) is 7.34. The number of aromatic nitrogens is 1. The molecule has 0 unspecified atom stereocenters. The van der Waals surface area contributed by atoms with Crippen molar-refractivity contribution in [2.45, 2.75) is 32.9 Å². The van der Waals surface area contributed by atoms with E-state index in [0.29, 0.717) is 6.54 Å². The minimum absolute atomic E-state index is 0.173. The topological polar surface area (TPSA) is 24.9 Å². The monoisotopic (exact) mass is 346 g/mol. The summed E-state index contributed by atoms with van der Waals surface area (Å²) in [6.07, 6.45) is 0.914. The first kappa shape index (κ1) is 16.3. The van der Waals surface area contributed by atoms with Crippen LogP contribution in [0.25, 0.3) is 0 Å². The first-order valence-electron chi connectivity index (χ1n) is 7.54. The molecule has 0 aliphatic heterocycles. The summed E-state index contributed by atoms with van der Waals surface area (Å²) in [5.41, 5.74) is 3.49. The Balaban J connectivity index is 1.75. The van der Waals surface area contributed by atoms with Gasteiger partial charge in [-0.1, -0.05) is 12.1 Å². The summed E-state index contributed by atoms with van der Waals surface area (Å²) in [4.78, 5) is 5.98. The summed E-state index contributed by atoms with van der Waals surface area (Å²) in [5, 5.41) is 8.98. The van der Waals surface area contributed by atoms with Gasteiger partial charge in [-0.05, 0) is 60.4 Å². The van der Waals surface area contributed by atoms with Crippen LogP contribution in [-0.2, 0) is 13.0 Å². The lowest BCUT2D eigenvalue weighted by Crippen LogP contribution is -2.22. The van der Waals surface area contributed by atoms with Gasteiger partial charge in [0.1, 0.15) is 10.8 Å². The molecule has 0 aliphatic carbocycles. The smallest absolute Gasteiger partial charge is 0.123 e. The van der Waals surface area contributed by atoms with Gasteiger partial charge in [0.25, 0.3) is 0 Å². The molecule has 1 aromatic carbocycles. The lowest BCUT2D eigenvalue weighted by atomic mass is 10.1. The molecule has 0 saturated carbocycles. The summed E-state index contributed by atoms with van der Waals surface area (Å²) in [5.74, 6) is -0.199. The largest absolute Gasteiger partial charge is 0.304 e. The molecule has 3 rings (SSSR count). The van der Waals surface area contributed by atoms with Crippen LogP contribution in [0.3, 0.4) is 0 Å². The van der Waals surface area contributed by atoms with Crippen LogP contribution >= 0.6 is 22.7 Å². The van der Waals surface area contributed by atoms with E-state index in [2.05, 4.69) is 36.0 Å². The molecule has 2 heterocycles. The van der Waals surface area contributed by atoms with Crippen molar-refractivity contribution >= 4 is 22.7 Å². The van der Waals surface area contributed by atoms with Crippen LogP contribution in [-0.4, -0.2) is 4.98 Å². The Kier molecular flexibility index (Phi) is 5.20. The normalized spacial score (nSPS) is 12.5. The molecule has 2 aromatic heterocycles. The van der Waals surface area contributed by atoms with Crippen LogP contribution in [0.15, 0.2) is 41.1 Å². The lowest BCUT2D eigenvalue weighted by molar-refractivity contribution is 0.527. The Bertz CT molecular complexity index is 728. The molecule has 0 spiro atoms. The maximum absolute atomic E-state index is 13.0. The van der Waals surface area contributed by atoms with Crippen molar-refractivity contribution in [3.8, 4) is 0 Å². The Morgan fingerprint density at radius 3 is 2.52 bits per heavy atom. The van der Waals surface area contributed by atoms with E-state index in [0.717, 1.165) is 22.7 Å². The van der Waals surface area contributed by atoms with E-state index < -0.39 is 0 Å². The van der Waals surface area contributed by atoms with Crippen LogP contribution in [0.5, 0.6) is 0 Å². The standard InChI is InChI=1S/C18H19FN2S2/c1-12-13(2)23-18(21-12)17(9-15-7-8-22-11-15)20-10-14-3-5-16(19)6-4-14/h3-8,11,17,20H,9-10H2,1-2H3/t17-/m0/s1. The van der Waals surface area contributed by atoms with E-state index in [1.807, 2.05) is 12.1 Å². The number of rotatable bonds is 6. The molecule has 0 radical (unpaired) electrons. The maximum Gasteiger partial charge on any atom is 0.123 e. The van der Waals surface area contributed by atoms with E-state index in [1.54, 1.807) is 22.7 Å². The Hall–Kier alpha value is -1.56. The van der Waals surface area contributed by atoms with Crippen LogP contribution in [0.1, 0.15) is 32.7 Å². The van der Waals surface area contributed by atoms with Crippen LogP contribution in [0, 0.1) is 19.7 Å². The number of thiophene rings is 1. The highest BCUT2D eigenvalue weighted by Crippen LogP contribution is 2.26. The molecule has 120 valence electrons. The molecular formula is C18H19FN2S2. The average molecular weight is 346 g/mol. The summed E-state index contributed by atoms with van der Waals surface area (Å²) < 4.78 is 13.0. The highest BCUT2D eigenvalue weighted by molar-refractivity contribution is 7.11. The Morgan fingerprint density at radius 2 is 1.91 bits per heavy atom. The zero-order valence-electron chi connectivity index (χ0n) is 13.2. The number of hydrogen-bond acceptors (Lipinski definition) is 4. The number of benzene rings is 1. The van der Waals surface area contributed by atoms with Crippen molar-refractivity contribution in [1.82, 2.24) is 10.3 Å². The zero-order chi connectivity index (χ0) is 16.2. The fourth-order valence-corrected chi connectivity index (χ4v) is 4.06. The molecular weight excluding hydrogens is 327 g/mol. The van der Waals surface area contributed by atoms with Gasteiger partial charge in [0.2, 0.25) is 0 Å². The highest BCUT2D eigenvalue weighted by atomic mass is 32.1. The van der Waals surface area contributed by atoms with E-state index >= 15 is 0 Å².